The number of aliphatic hydroxyl groups excluding tert-OH is 1. The highest BCUT2D eigenvalue weighted by Gasteiger charge is 2.28. The summed E-state index contributed by atoms with van der Waals surface area (Å²) in [6, 6.07) is 19.6. The maximum absolute atomic E-state index is 14.3. The molecule has 0 aromatic heterocycles. The summed E-state index contributed by atoms with van der Waals surface area (Å²) >= 11 is 0. The van der Waals surface area contributed by atoms with E-state index in [1.165, 1.54) is 19.3 Å². The fourth-order valence-corrected chi connectivity index (χ4v) is 4.74. The van der Waals surface area contributed by atoms with Crippen molar-refractivity contribution in [1.82, 2.24) is 4.90 Å². The molecule has 2 aromatic carbocycles. The monoisotopic (exact) mass is 515 g/mol. The number of Topliss-reactive ketones (excluding diaryl/α,β-unsaturated/α-hetero) is 1. The van der Waals surface area contributed by atoms with Crippen molar-refractivity contribution in [2.45, 2.75) is 122 Å². The second kappa shape index (κ2) is 17.4. The second-order valence-corrected chi connectivity index (χ2v) is 10.5. The Morgan fingerprint density at radius 3 is 1.84 bits per heavy atom. The summed E-state index contributed by atoms with van der Waals surface area (Å²) in [5.41, 5.74) is 2.23. The van der Waals surface area contributed by atoms with Crippen molar-refractivity contribution in [3.63, 3.8) is 0 Å². The first-order chi connectivity index (χ1) is 17.8. The number of hydrogen-bond acceptors (Lipinski definition) is 3. The molecule has 0 fully saturated rings. The largest absolute Gasteiger partial charge is 0.393 e. The number of rotatable bonds is 20. The van der Waals surface area contributed by atoms with Gasteiger partial charge >= 0.3 is 0 Å². The summed E-state index contributed by atoms with van der Waals surface area (Å²) < 4.78 is 28.5. The van der Waals surface area contributed by atoms with Crippen LogP contribution in [-0.2, 0) is 17.9 Å². The number of hydrogen-bond donors (Lipinski definition) is 1. The van der Waals surface area contributed by atoms with Crippen LogP contribution in [0.15, 0.2) is 60.7 Å². The average Bonchev–Trinajstić information content (AvgIpc) is 2.88. The fourth-order valence-electron chi connectivity index (χ4n) is 4.74. The second-order valence-electron chi connectivity index (χ2n) is 10.5. The Hall–Kier alpha value is -2.11. The number of alkyl halides is 2. The van der Waals surface area contributed by atoms with Crippen molar-refractivity contribution in [3.8, 4) is 0 Å². The minimum Gasteiger partial charge on any atom is -0.393 e. The minimum atomic E-state index is -2.69. The van der Waals surface area contributed by atoms with Crippen LogP contribution in [0.2, 0.25) is 0 Å². The molecule has 206 valence electrons. The number of unbranched alkanes of at least 4 members (excludes halogenated alkanes) is 6. The van der Waals surface area contributed by atoms with E-state index >= 15 is 0 Å². The minimum absolute atomic E-state index is 0.00935. The van der Waals surface area contributed by atoms with Gasteiger partial charge in [-0.1, -0.05) is 106 Å². The van der Waals surface area contributed by atoms with Crippen LogP contribution in [0.4, 0.5) is 8.78 Å². The maximum atomic E-state index is 14.3. The molecule has 37 heavy (non-hydrogen) atoms. The maximum Gasteiger partial charge on any atom is 0.248 e. The number of halogens is 2. The summed E-state index contributed by atoms with van der Waals surface area (Å²) in [6.45, 7) is 5.27. The van der Waals surface area contributed by atoms with Crippen LogP contribution >= 0.6 is 0 Å². The fraction of sp³-hybridized carbons (Fsp3) is 0.594. The number of aliphatic hydroxyl groups is 1. The summed E-state index contributed by atoms with van der Waals surface area (Å²) in [6.07, 6.45) is 6.42. The zero-order chi connectivity index (χ0) is 26.9. The smallest absolute Gasteiger partial charge is 0.248 e. The lowest BCUT2D eigenvalue weighted by molar-refractivity contribution is -0.126. The summed E-state index contributed by atoms with van der Waals surface area (Å²) in [5, 5.41) is 10.5. The van der Waals surface area contributed by atoms with Gasteiger partial charge in [-0.2, -0.15) is 0 Å². The van der Waals surface area contributed by atoms with E-state index in [0.29, 0.717) is 19.5 Å². The van der Waals surface area contributed by atoms with Gasteiger partial charge in [-0.15, -0.1) is 0 Å². The van der Waals surface area contributed by atoms with Gasteiger partial charge in [0.05, 0.1) is 12.1 Å². The van der Waals surface area contributed by atoms with Crippen molar-refractivity contribution < 1.29 is 18.7 Å². The first kappa shape index (κ1) is 31.1. The first-order valence-electron chi connectivity index (χ1n) is 14.2. The topological polar surface area (TPSA) is 40.5 Å². The van der Waals surface area contributed by atoms with Crippen LogP contribution in [0.3, 0.4) is 0 Å². The standard InChI is InChI=1S/C32H47F2NO2/c1-3-4-5-6-7-8-15-22-32(33,34)23-16-21-30(36)24-31(37)27(2)35(25-28-17-11-9-12-18-28)26-29-19-13-10-14-20-29/h9-14,17-20,27,30,36H,3-8,15-16,21-26H2,1-2H3/t27-,30-/m0/s1. The third kappa shape index (κ3) is 13.3. The van der Waals surface area contributed by atoms with Crippen molar-refractivity contribution in [2.24, 2.45) is 0 Å². The van der Waals surface area contributed by atoms with Crippen molar-refractivity contribution >= 4 is 5.78 Å². The lowest BCUT2D eigenvalue weighted by Gasteiger charge is -2.29. The predicted molar refractivity (Wildman–Crippen MR) is 149 cm³/mol. The van der Waals surface area contributed by atoms with Gasteiger partial charge in [0, 0.05) is 32.4 Å². The third-order valence-electron chi connectivity index (χ3n) is 7.13. The van der Waals surface area contributed by atoms with Crippen LogP contribution in [0.25, 0.3) is 0 Å². The average molecular weight is 516 g/mol. The van der Waals surface area contributed by atoms with E-state index in [2.05, 4.69) is 11.8 Å². The van der Waals surface area contributed by atoms with E-state index in [-0.39, 0.29) is 37.9 Å². The molecule has 0 saturated carbocycles. The molecule has 0 bridgehead atoms. The van der Waals surface area contributed by atoms with Gasteiger partial charge in [0.1, 0.15) is 0 Å². The Labute approximate surface area is 223 Å². The molecule has 0 heterocycles. The van der Waals surface area contributed by atoms with E-state index in [1.54, 1.807) is 0 Å². The molecule has 3 nitrogen and oxygen atoms in total. The van der Waals surface area contributed by atoms with Crippen LogP contribution in [0.5, 0.6) is 0 Å². The Bertz CT molecular complexity index is 818. The summed E-state index contributed by atoms with van der Waals surface area (Å²) in [4.78, 5) is 15.2. The van der Waals surface area contributed by atoms with Crippen LogP contribution < -0.4 is 0 Å². The van der Waals surface area contributed by atoms with E-state index < -0.39 is 18.1 Å². The molecular weight excluding hydrogens is 468 g/mol. The predicted octanol–water partition coefficient (Wildman–Crippen LogP) is 8.34. The Morgan fingerprint density at radius 1 is 0.811 bits per heavy atom. The van der Waals surface area contributed by atoms with Crippen LogP contribution in [-0.4, -0.2) is 33.9 Å². The Kier molecular flexibility index (Phi) is 14.6. The highest BCUT2D eigenvalue weighted by molar-refractivity contribution is 5.84. The third-order valence-corrected chi connectivity index (χ3v) is 7.13. The van der Waals surface area contributed by atoms with E-state index in [0.717, 1.165) is 30.4 Å². The molecule has 0 radical (unpaired) electrons. The molecule has 0 aliphatic carbocycles. The molecule has 0 unspecified atom stereocenters. The van der Waals surface area contributed by atoms with Gasteiger partial charge in [-0.25, -0.2) is 8.78 Å². The molecule has 0 aliphatic rings. The molecular formula is C32H47F2NO2. The molecule has 0 saturated heterocycles. The first-order valence-corrected chi connectivity index (χ1v) is 14.2. The van der Waals surface area contributed by atoms with Gasteiger partial charge in [0.2, 0.25) is 5.92 Å². The SMILES string of the molecule is CCCCCCCCCC(F)(F)CCC[C@H](O)CC(=O)[C@H](C)N(Cc1ccccc1)Cc1ccccc1. The van der Waals surface area contributed by atoms with Gasteiger partial charge < -0.3 is 5.11 Å². The van der Waals surface area contributed by atoms with E-state index in [4.69, 9.17) is 0 Å². The number of carbonyl (C=O) groups excluding carboxylic acids is 1. The Morgan fingerprint density at radius 2 is 1.30 bits per heavy atom. The molecule has 0 spiro atoms. The lowest BCUT2D eigenvalue weighted by atomic mass is 9.98. The molecule has 2 rings (SSSR count). The van der Waals surface area contributed by atoms with E-state index in [9.17, 15) is 18.7 Å². The molecule has 0 aliphatic heterocycles. The van der Waals surface area contributed by atoms with Crippen molar-refractivity contribution in [1.29, 1.82) is 0 Å². The number of ketones is 1. The highest BCUT2D eigenvalue weighted by atomic mass is 19.3. The van der Waals surface area contributed by atoms with Gasteiger partial charge in [0.25, 0.3) is 0 Å². The molecule has 2 atom stereocenters. The van der Waals surface area contributed by atoms with Crippen LogP contribution in [0.1, 0.15) is 102 Å². The van der Waals surface area contributed by atoms with Gasteiger partial charge in [-0.05, 0) is 37.3 Å². The van der Waals surface area contributed by atoms with E-state index in [1.807, 2.05) is 67.6 Å². The molecule has 5 heteroatoms. The molecule has 0 amide bonds. The van der Waals surface area contributed by atoms with Crippen molar-refractivity contribution in [3.05, 3.63) is 71.8 Å². The summed E-state index contributed by atoms with van der Waals surface area (Å²) in [7, 11) is 0. The highest BCUT2D eigenvalue weighted by Crippen LogP contribution is 2.29. The van der Waals surface area contributed by atoms with Crippen LogP contribution in [0, 0.1) is 0 Å². The lowest BCUT2D eigenvalue weighted by Crippen LogP contribution is -2.39. The summed E-state index contributed by atoms with van der Waals surface area (Å²) in [5.74, 6) is -2.75. The quantitative estimate of drug-likeness (QED) is 0.180. The molecule has 2 aromatic rings. The molecule has 1 N–H and O–H groups in total. The van der Waals surface area contributed by atoms with Gasteiger partial charge in [0.15, 0.2) is 5.78 Å². The number of nitrogens with zero attached hydrogens (tertiary/aromatic N) is 1. The zero-order valence-electron chi connectivity index (χ0n) is 22.9. The number of carbonyl (C=O) groups is 1. The van der Waals surface area contributed by atoms with Crippen molar-refractivity contribution in [2.75, 3.05) is 0 Å². The number of benzene rings is 2. The van der Waals surface area contributed by atoms with Gasteiger partial charge in [-0.3, -0.25) is 9.69 Å². The Balaban J connectivity index is 1.78. The normalized spacial score (nSPS) is 13.6. The zero-order valence-corrected chi connectivity index (χ0v) is 22.9.